The van der Waals surface area contributed by atoms with E-state index in [0.29, 0.717) is 5.82 Å². The van der Waals surface area contributed by atoms with Gasteiger partial charge >= 0.3 is 0 Å². The second kappa shape index (κ2) is 13.3. The topological polar surface area (TPSA) is 30.7 Å². The predicted octanol–water partition coefficient (Wildman–Crippen LogP) is 14.3. The zero-order valence-corrected chi connectivity index (χ0v) is 31.1. The van der Waals surface area contributed by atoms with Crippen LogP contribution in [0.2, 0.25) is 0 Å². The molecule has 0 saturated carbocycles. The Morgan fingerprint density at radius 1 is 0.375 bits per heavy atom. The highest BCUT2D eigenvalue weighted by Gasteiger charge is 2.24. The Kier molecular flexibility index (Phi) is 7.68. The lowest BCUT2D eigenvalue weighted by molar-refractivity contribution is 1.17. The minimum atomic E-state index is 0.681. The normalized spacial score (nSPS) is 11.6. The van der Waals surface area contributed by atoms with Gasteiger partial charge in [-0.25, -0.2) is 9.97 Å². The van der Waals surface area contributed by atoms with Gasteiger partial charge in [-0.3, -0.25) is 0 Å². The number of nitrogens with zero attached hydrogens (tertiary/aromatic N) is 3. The molecule has 0 spiro atoms. The van der Waals surface area contributed by atoms with Crippen LogP contribution in [0, 0.1) is 0 Å². The molecule has 11 aromatic rings. The first kappa shape index (κ1) is 32.3. The Labute approximate surface area is 328 Å². The van der Waals surface area contributed by atoms with Crippen LogP contribution in [-0.4, -0.2) is 14.5 Å². The molecule has 3 nitrogen and oxygen atoms in total. The SMILES string of the molecule is c1ccc(-c2cc(-c3ccccc3)nc(-c3cc(-c4ccccc4)c(-n4c5ccccc5c5c6sc7ccccc7c6ccc54)c(-c4ccccc4)c3)n2)cc1. The van der Waals surface area contributed by atoms with E-state index in [9.17, 15) is 0 Å². The molecule has 0 radical (unpaired) electrons. The van der Waals surface area contributed by atoms with Crippen molar-refractivity contribution in [1.82, 2.24) is 14.5 Å². The number of para-hydroxylation sites is 1. The fraction of sp³-hybridized carbons (Fsp3) is 0. The van der Waals surface area contributed by atoms with Gasteiger partial charge in [-0.05, 0) is 47.5 Å². The molecule has 8 aromatic carbocycles. The van der Waals surface area contributed by atoms with Crippen molar-refractivity contribution in [3.8, 4) is 61.8 Å². The quantitative estimate of drug-likeness (QED) is 0.170. The standard InChI is InChI=1S/C52H33N3S/c1-5-17-34(18-6-1)42-31-38(52-53-44(36-21-9-3-10-22-36)33-45(54-52)37-23-11-4-12-24-37)32-43(35-19-7-2-8-20-35)50(42)55-46-27-15-13-26-41(46)49-47(55)30-29-40-39-25-14-16-28-48(39)56-51(40)49/h1-33H. The van der Waals surface area contributed by atoms with Gasteiger partial charge in [0.2, 0.25) is 0 Å². The molecular formula is C52H33N3S. The van der Waals surface area contributed by atoms with E-state index in [4.69, 9.17) is 9.97 Å². The largest absolute Gasteiger partial charge is 0.308 e. The third kappa shape index (κ3) is 5.34. The fourth-order valence-corrected chi connectivity index (χ4v) is 9.50. The first-order valence-electron chi connectivity index (χ1n) is 18.9. The Morgan fingerprint density at radius 2 is 0.875 bits per heavy atom. The van der Waals surface area contributed by atoms with Gasteiger partial charge < -0.3 is 4.57 Å². The lowest BCUT2D eigenvalue weighted by Gasteiger charge is -2.21. The maximum atomic E-state index is 5.30. The summed E-state index contributed by atoms with van der Waals surface area (Å²) in [5.41, 5.74) is 12.8. The van der Waals surface area contributed by atoms with Crippen molar-refractivity contribution in [2.75, 3.05) is 0 Å². The van der Waals surface area contributed by atoms with Crippen LogP contribution in [0.1, 0.15) is 0 Å². The number of hydrogen-bond donors (Lipinski definition) is 0. The highest BCUT2D eigenvalue weighted by atomic mass is 32.1. The molecule has 4 heteroatoms. The molecule has 0 atom stereocenters. The van der Waals surface area contributed by atoms with Gasteiger partial charge in [0.15, 0.2) is 5.82 Å². The van der Waals surface area contributed by atoms with Crippen LogP contribution in [0.4, 0.5) is 0 Å². The zero-order chi connectivity index (χ0) is 37.0. The molecule has 0 aliphatic rings. The third-order valence-electron chi connectivity index (χ3n) is 10.8. The molecule has 262 valence electrons. The predicted molar refractivity (Wildman–Crippen MR) is 236 cm³/mol. The Bertz CT molecular complexity index is 3100. The number of thiophene rings is 1. The summed E-state index contributed by atoms with van der Waals surface area (Å²) in [7, 11) is 0. The summed E-state index contributed by atoms with van der Waals surface area (Å²) < 4.78 is 5.12. The van der Waals surface area contributed by atoms with E-state index in [2.05, 4.69) is 193 Å². The van der Waals surface area contributed by atoms with Crippen LogP contribution in [0.25, 0.3) is 104 Å². The van der Waals surface area contributed by atoms with Gasteiger partial charge in [0.1, 0.15) is 0 Å². The molecule has 0 aliphatic carbocycles. The van der Waals surface area contributed by atoms with Gasteiger partial charge in [-0.15, -0.1) is 11.3 Å². The van der Waals surface area contributed by atoms with Gasteiger partial charge in [0.25, 0.3) is 0 Å². The number of aromatic nitrogens is 3. The summed E-state index contributed by atoms with van der Waals surface area (Å²) in [6.45, 7) is 0. The first-order valence-corrected chi connectivity index (χ1v) is 19.7. The number of benzene rings is 8. The lowest BCUT2D eigenvalue weighted by atomic mass is 9.92. The van der Waals surface area contributed by atoms with Crippen molar-refractivity contribution >= 4 is 53.3 Å². The van der Waals surface area contributed by atoms with Crippen LogP contribution >= 0.6 is 11.3 Å². The van der Waals surface area contributed by atoms with Gasteiger partial charge in [-0.2, -0.15) is 0 Å². The van der Waals surface area contributed by atoms with E-state index < -0.39 is 0 Å². The van der Waals surface area contributed by atoms with Crippen LogP contribution < -0.4 is 0 Å². The van der Waals surface area contributed by atoms with E-state index in [1.165, 1.54) is 42.0 Å². The highest BCUT2D eigenvalue weighted by molar-refractivity contribution is 7.26. The molecule has 11 rings (SSSR count). The highest BCUT2D eigenvalue weighted by Crippen LogP contribution is 2.47. The summed E-state index contributed by atoms with van der Waals surface area (Å²) in [6, 6.07) is 71.3. The van der Waals surface area contributed by atoms with Crippen LogP contribution in [0.3, 0.4) is 0 Å². The average molecular weight is 732 g/mol. The maximum Gasteiger partial charge on any atom is 0.160 e. The molecule has 0 amide bonds. The van der Waals surface area contributed by atoms with E-state index >= 15 is 0 Å². The summed E-state index contributed by atoms with van der Waals surface area (Å²) in [5.74, 6) is 0.681. The zero-order valence-electron chi connectivity index (χ0n) is 30.3. The average Bonchev–Trinajstić information content (AvgIpc) is 3.83. The number of fused-ring (bicyclic) bond motifs is 7. The molecule has 0 unspecified atom stereocenters. The molecule has 0 fully saturated rings. The van der Waals surface area contributed by atoms with Crippen LogP contribution in [-0.2, 0) is 0 Å². The van der Waals surface area contributed by atoms with E-state index in [1.54, 1.807) is 0 Å². The third-order valence-corrected chi connectivity index (χ3v) is 12.0. The Balaban J connectivity index is 1.26. The summed E-state index contributed by atoms with van der Waals surface area (Å²) in [5, 5.41) is 5.13. The maximum absolute atomic E-state index is 5.30. The summed E-state index contributed by atoms with van der Waals surface area (Å²) in [6.07, 6.45) is 0. The monoisotopic (exact) mass is 731 g/mol. The van der Waals surface area contributed by atoms with Crippen molar-refractivity contribution < 1.29 is 0 Å². The second-order valence-electron chi connectivity index (χ2n) is 14.1. The number of hydrogen-bond acceptors (Lipinski definition) is 3. The van der Waals surface area contributed by atoms with Crippen LogP contribution in [0.5, 0.6) is 0 Å². The Morgan fingerprint density at radius 3 is 1.46 bits per heavy atom. The van der Waals surface area contributed by atoms with Crippen molar-refractivity contribution in [2.24, 2.45) is 0 Å². The first-order chi connectivity index (χ1) is 27.8. The van der Waals surface area contributed by atoms with Crippen LogP contribution in [0.15, 0.2) is 200 Å². The summed E-state index contributed by atoms with van der Waals surface area (Å²) >= 11 is 1.88. The fourth-order valence-electron chi connectivity index (χ4n) is 8.25. The van der Waals surface area contributed by atoms with Gasteiger partial charge in [0.05, 0.1) is 28.1 Å². The second-order valence-corrected chi connectivity index (χ2v) is 15.2. The van der Waals surface area contributed by atoms with E-state index in [-0.39, 0.29) is 0 Å². The molecule has 3 aromatic heterocycles. The van der Waals surface area contributed by atoms with Gasteiger partial charge in [-0.1, -0.05) is 164 Å². The molecule has 0 aliphatic heterocycles. The van der Waals surface area contributed by atoms with Crippen molar-refractivity contribution in [2.45, 2.75) is 0 Å². The smallest absolute Gasteiger partial charge is 0.160 e. The Hall–Kier alpha value is -7.14. The molecule has 56 heavy (non-hydrogen) atoms. The van der Waals surface area contributed by atoms with E-state index in [0.717, 1.165) is 56.0 Å². The minimum absolute atomic E-state index is 0.681. The molecule has 0 bridgehead atoms. The molecule has 3 heterocycles. The van der Waals surface area contributed by atoms with Gasteiger partial charge in [0, 0.05) is 58.8 Å². The molecule has 0 N–H and O–H groups in total. The van der Waals surface area contributed by atoms with Crippen molar-refractivity contribution in [1.29, 1.82) is 0 Å². The number of rotatable bonds is 6. The minimum Gasteiger partial charge on any atom is -0.308 e. The molecule has 0 saturated heterocycles. The van der Waals surface area contributed by atoms with E-state index in [1.807, 2.05) is 23.5 Å². The van der Waals surface area contributed by atoms with Crippen molar-refractivity contribution in [3.63, 3.8) is 0 Å². The molecular weight excluding hydrogens is 699 g/mol. The van der Waals surface area contributed by atoms with Crippen molar-refractivity contribution in [3.05, 3.63) is 200 Å². The summed E-state index contributed by atoms with van der Waals surface area (Å²) in [4.78, 5) is 10.6. The lowest BCUT2D eigenvalue weighted by Crippen LogP contribution is -2.03.